The van der Waals surface area contributed by atoms with Gasteiger partial charge in [0.25, 0.3) is 0 Å². The fraction of sp³-hybridized carbons (Fsp3) is 0.917. The van der Waals surface area contributed by atoms with Gasteiger partial charge in [-0.25, -0.2) is 0 Å². The third-order valence-electron chi connectivity index (χ3n) is 3.07. The van der Waals surface area contributed by atoms with Crippen LogP contribution < -0.4 is 10.6 Å². The monoisotopic (exact) mass is 227 g/mol. The van der Waals surface area contributed by atoms with Gasteiger partial charge in [0.15, 0.2) is 0 Å². The Kier molecular flexibility index (Phi) is 5.22. The summed E-state index contributed by atoms with van der Waals surface area (Å²) < 4.78 is 0. The molecule has 2 atom stereocenters. The van der Waals surface area contributed by atoms with Crippen LogP contribution in [0.15, 0.2) is 0 Å². The summed E-state index contributed by atoms with van der Waals surface area (Å²) in [5.74, 6) is 0.630. The molecule has 1 rings (SSSR count). The molecule has 0 radical (unpaired) electrons. The summed E-state index contributed by atoms with van der Waals surface area (Å²) in [4.78, 5) is 14.1. The van der Waals surface area contributed by atoms with E-state index >= 15 is 0 Å². The van der Waals surface area contributed by atoms with Crippen LogP contribution in [0.25, 0.3) is 0 Å². The van der Waals surface area contributed by atoms with Crippen molar-refractivity contribution in [2.24, 2.45) is 5.92 Å². The molecule has 0 bridgehead atoms. The minimum absolute atomic E-state index is 0.0309. The highest BCUT2D eigenvalue weighted by atomic mass is 16.2. The van der Waals surface area contributed by atoms with Gasteiger partial charge >= 0.3 is 0 Å². The number of nitrogens with zero attached hydrogens (tertiary/aromatic N) is 1. The lowest BCUT2D eigenvalue weighted by atomic mass is 10.0. The van der Waals surface area contributed by atoms with Gasteiger partial charge in [0.05, 0.1) is 6.04 Å². The molecule has 1 fully saturated rings. The minimum Gasteiger partial charge on any atom is -0.350 e. The van der Waals surface area contributed by atoms with Gasteiger partial charge < -0.3 is 15.5 Å². The third kappa shape index (κ3) is 4.10. The highest BCUT2D eigenvalue weighted by molar-refractivity contribution is 5.82. The molecule has 2 N–H and O–H groups in total. The standard InChI is InChI=1S/C12H25N3O/c1-9(2)11(8-15(3)4)14-12(16)10-6-5-7-13-10/h9-11,13H,5-8H2,1-4H3,(H,14,16)/t10-,11?/m1/s1. The second-order valence-electron chi connectivity index (χ2n) is 5.27. The molecule has 0 aromatic rings. The zero-order chi connectivity index (χ0) is 12.1. The van der Waals surface area contributed by atoms with Crippen molar-refractivity contribution >= 4 is 5.91 Å². The van der Waals surface area contributed by atoms with Gasteiger partial charge in [-0.3, -0.25) is 4.79 Å². The SMILES string of the molecule is CC(C)C(CN(C)C)NC(=O)[C@H]1CCCN1. The number of likely N-dealkylation sites (N-methyl/N-ethyl adjacent to an activating group) is 1. The molecule has 0 aliphatic carbocycles. The summed E-state index contributed by atoms with van der Waals surface area (Å²) in [5, 5.41) is 6.37. The van der Waals surface area contributed by atoms with Crippen LogP contribution >= 0.6 is 0 Å². The Bertz CT molecular complexity index is 222. The molecule has 0 aromatic heterocycles. The van der Waals surface area contributed by atoms with Crippen LogP contribution in [0, 0.1) is 5.92 Å². The summed E-state index contributed by atoms with van der Waals surface area (Å²) in [6.45, 7) is 6.17. The number of nitrogens with one attached hydrogen (secondary N) is 2. The van der Waals surface area contributed by atoms with Gasteiger partial charge in [0.1, 0.15) is 0 Å². The number of carbonyl (C=O) groups excluding carboxylic acids is 1. The van der Waals surface area contributed by atoms with Crippen molar-refractivity contribution in [2.75, 3.05) is 27.2 Å². The van der Waals surface area contributed by atoms with E-state index in [4.69, 9.17) is 0 Å². The van der Waals surface area contributed by atoms with Gasteiger partial charge in [-0.1, -0.05) is 13.8 Å². The van der Waals surface area contributed by atoms with Crippen LogP contribution in [0.2, 0.25) is 0 Å². The van der Waals surface area contributed by atoms with Crippen LogP contribution in [0.1, 0.15) is 26.7 Å². The fourth-order valence-corrected chi connectivity index (χ4v) is 2.01. The lowest BCUT2D eigenvalue weighted by Gasteiger charge is -2.26. The fourth-order valence-electron chi connectivity index (χ4n) is 2.01. The maximum atomic E-state index is 11.9. The summed E-state index contributed by atoms with van der Waals surface area (Å²) in [6.07, 6.45) is 2.08. The number of hydrogen-bond acceptors (Lipinski definition) is 3. The molecule has 1 aliphatic heterocycles. The van der Waals surface area contributed by atoms with Crippen LogP contribution in [0.4, 0.5) is 0 Å². The van der Waals surface area contributed by atoms with Crippen LogP contribution in [-0.4, -0.2) is 50.1 Å². The molecule has 0 saturated carbocycles. The molecule has 0 spiro atoms. The Morgan fingerprint density at radius 2 is 2.19 bits per heavy atom. The predicted molar refractivity (Wildman–Crippen MR) is 66.3 cm³/mol. The second kappa shape index (κ2) is 6.21. The maximum Gasteiger partial charge on any atom is 0.237 e. The summed E-state index contributed by atoms with van der Waals surface area (Å²) in [6, 6.07) is 0.272. The van der Waals surface area contributed by atoms with E-state index in [1.54, 1.807) is 0 Å². The van der Waals surface area contributed by atoms with Crippen LogP contribution in [0.5, 0.6) is 0 Å². The quantitative estimate of drug-likeness (QED) is 0.716. The van der Waals surface area contributed by atoms with Gasteiger partial charge in [-0.05, 0) is 39.4 Å². The maximum absolute atomic E-state index is 11.9. The largest absolute Gasteiger partial charge is 0.350 e. The minimum atomic E-state index is 0.0309. The Labute approximate surface area is 98.8 Å². The van der Waals surface area contributed by atoms with Crippen molar-refractivity contribution < 1.29 is 4.79 Å². The summed E-state index contributed by atoms with van der Waals surface area (Å²) in [5.41, 5.74) is 0. The van der Waals surface area contributed by atoms with Gasteiger partial charge in [-0.15, -0.1) is 0 Å². The molecule has 1 saturated heterocycles. The van der Waals surface area contributed by atoms with Crippen LogP contribution in [0.3, 0.4) is 0 Å². The average Bonchev–Trinajstić information content (AvgIpc) is 2.68. The Morgan fingerprint density at radius 1 is 1.50 bits per heavy atom. The van der Waals surface area contributed by atoms with E-state index in [0.717, 1.165) is 25.9 Å². The van der Waals surface area contributed by atoms with Crippen molar-refractivity contribution in [3.63, 3.8) is 0 Å². The molecule has 1 amide bonds. The summed E-state index contributed by atoms with van der Waals surface area (Å²) >= 11 is 0. The predicted octanol–water partition coefficient (Wildman–Crippen LogP) is 0.441. The van der Waals surface area contributed by atoms with E-state index in [0.29, 0.717) is 5.92 Å². The van der Waals surface area contributed by atoms with Crippen molar-refractivity contribution in [3.05, 3.63) is 0 Å². The first-order valence-corrected chi connectivity index (χ1v) is 6.19. The van der Waals surface area contributed by atoms with Crippen molar-refractivity contribution in [2.45, 2.75) is 38.8 Å². The van der Waals surface area contributed by atoms with Crippen molar-refractivity contribution in [1.82, 2.24) is 15.5 Å². The Morgan fingerprint density at radius 3 is 2.62 bits per heavy atom. The number of carbonyl (C=O) groups is 1. The zero-order valence-corrected chi connectivity index (χ0v) is 10.9. The first kappa shape index (κ1) is 13.5. The molecule has 0 aromatic carbocycles. The smallest absolute Gasteiger partial charge is 0.237 e. The van der Waals surface area contributed by atoms with Crippen molar-refractivity contribution in [1.29, 1.82) is 0 Å². The van der Waals surface area contributed by atoms with Gasteiger partial charge in [0, 0.05) is 12.6 Å². The zero-order valence-electron chi connectivity index (χ0n) is 10.9. The van der Waals surface area contributed by atoms with Gasteiger partial charge in [0.2, 0.25) is 5.91 Å². The number of rotatable bonds is 5. The molecular formula is C12H25N3O. The third-order valence-corrected chi connectivity index (χ3v) is 3.07. The molecule has 1 unspecified atom stereocenters. The normalized spacial score (nSPS) is 22.8. The summed E-state index contributed by atoms with van der Waals surface area (Å²) in [7, 11) is 4.07. The van der Waals surface area contributed by atoms with E-state index in [1.807, 2.05) is 14.1 Å². The lowest BCUT2D eigenvalue weighted by molar-refractivity contribution is -0.123. The molecule has 1 heterocycles. The molecule has 1 aliphatic rings. The topological polar surface area (TPSA) is 44.4 Å². The first-order chi connectivity index (χ1) is 7.50. The van der Waals surface area contributed by atoms with E-state index < -0.39 is 0 Å². The molecular weight excluding hydrogens is 202 g/mol. The van der Waals surface area contributed by atoms with E-state index in [-0.39, 0.29) is 18.0 Å². The molecule has 16 heavy (non-hydrogen) atoms. The number of hydrogen-bond donors (Lipinski definition) is 2. The van der Waals surface area contributed by atoms with E-state index in [9.17, 15) is 4.79 Å². The molecule has 94 valence electrons. The second-order valence-corrected chi connectivity index (χ2v) is 5.27. The van der Waals surface area contributed by atoms with E-state index in [2.05, 4.69) is 29.4 Å². The van der Waals surface area contributed by atoms with E-state index in [1.165, 1.54) is 0 Å². The Balaban J connectivity index is 2.43. The van der Waals surface area contributed by atoms with Crippen LogP contribution in [-0.2, 0) is 4.79 Å². The average molecular weight is 227 g/mol. The highest BCUT2D eigenvalue weighted by Gasteiger charge is 2.25. The first-order valence-electron chi connectivity index (χ1n) is 6.19. The molecule has 4 heteroatoms. The lowest BCUT2D eigenvalue weighted by Crippen LogP contribution is -2.50. The highest BCUT2D eigenvalue weighted by Crippen LogP contribution is 2.08. The van der Waals surface area contributed by atoms with Gasteiger partial charge in [-0.2, -0.15) is 0 Å². The van der Waals surface area contributed by atoms with Crippen molar-refractivity contribution in [3.8, 4) is 0 Å². The Hall–Kier alpha value is -0.610. The molecule has 4 nitrogen and oxygen atoms in total. The number of amides is 1.